The van der Waals surface area contributed by atoms with E-state index in [9.17, 15) is 14.4 Å². The Kier molecular flexibility index (Phi) is 10.6. The number of allylic oxidation sites excluding steroid dienone is 1. The van der Waals surface area contributed by atoms with Gasteiger partial charge in [0.15, 0.2) is 5.78 Å². The lowest BCUT2D eigenvalue weighted by atomic mass is 9.85. The van der Waals surface area contributed by atoms with Crippen molar-refractivity contribution in [2.24, 2.45) is 10.8 Å². The van der Waals surface area contributed by atoms with Crippen molar-refractivity contribution in [2.75, 3.05) is 20.7 Å². The Morgan fingerprint density at radius 3 is 1.73 bits per heavy atom. The van der Waals surface area contributed by atoms with Gasteiger partial charge < -0.3 is 23.7 Å². The summed E-state index contributed by atoms with van der Waals surface area (Å²) in [6.07, 6.45) is 3.16. The molecule has 218 valence electrons. The summed E-state index contributed by atoms with van der Waals surface area (Å²) in [5, 5.41) is 0. The Morgan fingerprint density at radius 1 is 0.725 bits per heavy atom. The summed E-state index contributed by atoms with van der Waals surface area (Å²) in [7, 11) is 1.53. The van der Waals surface area contributed by atoms with Gasteiger partial charge in [-0.3, -0.25) is 14.4 Å². The van der Waals surface area contributed by atoms with Crippen molar-refractivity contribution in [3.63, 3.8) is 0 Å². The summed E-state index contributed by atoms with van der Waals surface area (Å²) < 4.78 is 27.2. The smallest absolute Gasteiger partial charge is 0.314 e. The average Bonchev–Trinajstić information content (AvgIpc) is 2.85. The highest BCUT2D eigenvalue weighted by Gasteiger charge is 2.25. The molecule has 0 bridgehead atoms. The van der Waals surface area contributed by atoms with Crippen molar-refractivity contribution in [3.8, 4) is 17.2 Å². The van der Waals surface area contributed by atoms with Gasteiger partial charge in [0, 0.05) is 22.8 Å². The van der Waals surface area contributed by atoms with Crippen molar-refractivity contribution >= 4 is 23.8 Å². The number of hydrogen-bond acceptors (Lipinski definition) is 8. The number of hydrogen-bond donors (Lipinski definition) is 0. The molecular weight excluding hydrogens is 512 g/mol. The van der Waals surface area contributed by atoms with Gasteiger partial charge in [-0.1, -0.05) is 20.8 Å². The number of carbonyl (C=O) groups is 3. The molecule has 0 heterocycles. The van der Waals surface area contributed by atoms with E-state index >= 15 is 0 Å². The minimum Gasteiger partial charge on any atom is -0.496 e. The van der Waals surface area contributed by atoms with E-state index in [-0.39, 0.29) is 36.7 Å². The van der Waals surface area contributed by atoms with Crippen molar-refractivity contribution in [2.45, 2.75) is 67.7 Å². The van der Waals surface area contributed by atoms with Crippen LogP contribution < -0.4 is 14.2 Å². The number of benzene rings is 2. The largest absolute Gasteiger partial charge is 0.496 e. The Bertz CT molecular complexity index is 1220. The molecule has 0 N–H and O–H groups in total. The topological polar surface area (TPSA) is 97.4 Å². The van der Waals surface area contributed by atoms with Crippen LogP contribution in [0.5, 0.6) is 17.2 Å². The zero-order chi connectivity index (χ0) is 30.3. The lowest BCUT2D eigenvalue weighted by molar-refractivity contribution is -0.160. The molecular formula is C32H42O8. The second-order valence-corrected chi connectivity index (χ2v) is 12.5. The fourth-order valence-electron chi connectivity index (χ4n) is 3.30. The van der Waals surface area contributed by atoms with Crippen molar-refractivity contribution in [3.05, 3.63) is 59.2 Å². The van der Waals surface area contributed by atoms with Crippen LogP contribution in [0.25, 0.3) is 6.08 Å². The van der Waals surface area contributed by atoms with Gasteiger partial charge in [-0.2, -0.15) is 0 Å². The van der Waals surface area contributed by atoms with Crippen molar-refractivity contribution in [1.82, 2.24) is 0 Å². The van der Waals surface area contributed by atoms with Crippen LogP contribution in [-0.4, -0.2) is 38.4 Å². The zero-order valence-electron chi connectivity index (χ0n) is 25.3. The zero-order valence-corrected chi connectivity index (χ0v) is 25.3. The van der Waals surface area contributed by atoms with Crippen LogP contribution in [0.2, 0.25) is 0 Å². The summed E-state index contributed by atoms with van der Waals surface area (Å²) in [5.41, 5.74) is 0.464. The van der Waals surface area contributed by atoms with E-state index in [0.717, 1.165) is 5.56 Å². The lowest BCUT2D eigenvalue weighted by Gasteiger charge is -2.25. The Labute approximate surface area is 237 Å². The van der Waals surface area contributed by atoms with Gasteiger partial charge in [-0.25, -0.2) is 0 Å². The first kappa shape index (κ1) is 32.4. The molecule has 0 saturated carbocycles. The second-order valence-electron chi connectivity index (χ2n) is 12.5. The number of methoxy groups -OCH3 is 1. The summed E-state index contributed by atoms with van der Waals surface area (Å²) >= 11 is 0. The van der Waals surface area contributed by atoms with Crippen LogP contribution in [-0.2, 0) is 24.5 Å². The molecule has 0 saturated heterocycles. The van der Waals surface area contributed by atoms with Gasteiger partial charge in [-0.05, 0) is 89.4 Å². The normalized spacial score (nSPS) is 12.2. The first-order chi connectivity index (χ1) is 18.4. The van der Waals surface area contributed by atoms with Gasteiger partial charge in [-0.15, -0.1) is 0 Å². The molecule has 8 nitrogen and oxygen atoms in total. The second kappa shape index (κ2) is 13.0. The molecule has 0 unspecified atom stereocenters. The van der Waals surface area contributed by atoms with Crippen LogP contribution in [0, 0.1) is 10.8 Å². The molecule has 0 aliphatic rings. The first-order valence-electron chi connectivity index (χ1n) is 13.1. The molecule has 0 spiro atoms. The van der Waals surface area contributed by atoms with Crippen LogP contribution in [0.1, 0.15) is 83.8 Å². The molecule has 2 rings (SSSR count). The number of ketones is 1. The van der Waals surface area contributed by atoms with E-state index in [1.54, 1.807) is 78.0 Å². The molecule has 2 aromatic carbocycles. The standard InChI is InChI=1S/C32H42O8/c1-30(2,3)24-17-22(26(36-10)18-27(24)38-20-40-29(35)32(7,8)9)13-16-25(33)21-11-14-23(15-12-21)37-19-39-28(34)31(4,5)6/h11-18H,19-20H2,1-10H3/b16-13+. The van der Waals surface area contributed by atoms with Gasteiger partial charge in [0.1, 0.15) is 17.2 Å². The SMILES string of the molecule is COc1cc(OCOC(=O)C(C)(C)C)c(C(C)(C)C)cc1/C=C/C(=O)c1ccc(OCOC(=O)C(C)(C)C)cc1. The third-order valence-corrected chi connectivity index (χ3v) is 5.74. The van der Waals surface area contributed by atoms with Gasteiger partial charge in [0.2, 0.25) is 13.6 Å². The fourth-order valence-corrected chi connectivity index (χ4v) is 3.30. The molecule has 0 fully saturated rings. The van der Waals surface area contributed by atoms with Crippen LogP contribution >= 0.6 is 0 Å². The maximum atomic E-state index is 12.9. The van der Waals surface area contributed by atoms with Crippen LogP contribution in [0.3, 0.4) is 0 Å². The Hall–Kier alpha value is -3.81. The number of ether oxygens (including phenoxy) is 5. The minimum absolute atomic E-state index is 0.209. The number of carbonyl (C=O) groups excluding carboxylic acids is 3. The van der Waals surface area contributed by atoms with E-state index in [1.807, 2.05) is 26.8 Å². The van der Waals surface area contributed by atoms with Crippen molar-refractivity contribution in [1.29, 1.82) is 0 Å². The molecule has 0 radical (unpaired) electrons. The number of esters is 2. The highest BCUT2D eigenvalue weighted by molar-refractivity contribution is 6.07. The fraction of sp³-hybridized carbons (Fsp3) is 0.469. The van der Waals surface area contributed by atoms with Crippen LogP contribution in [0.15, 0.2) is 42.5 Å². The Morgan fingerprint density at radius 2 is 1.25 bits per heavy atom. The van der Waals surface area contributed by atoms with E-state index < -0.39 is 10.8 Å². The monoisotopic (exact) mass is 554 g/mol. The minimum atomic E-state index is -0.636. The van der Waals surface area contributed by atoms with Gasteiger partial charge >= 0.3 is 11.9 Å². The highest BCUT2D eigenvalue weighted by atomic mass is 16.7. The van der Waals surface area contributed by atoms with E-state index in [0.29, 0.717) is 28.4 Å². The molecule has 8 heteroatoms. The molecule has 40 heavy (non-hydrogen) atoms. The molecule has 0 aliphatic carbocycles. The van der Waals surface area contributed by atoms with E-state index in [2.05, 4.69) is 0 Å². The third kappa shape index (κ3) is 9.43. The molecule has 0 aromatic heterocycles. The van der Waals surface area contributed by atoms with Gasteiger partial charge in [0.05, 0.1) is 17.9 Å². The van der Waals surface area contributed by atoms with E-state index in [4.69, 9.17) is 23.7 Å². The molecule has 0 atom stereocenters. The first-order valence-corrected chi connectivity index (χ1v) is 13.1. The average molecular weight is 555 g/mol. The van der Waals surface area contributed by atoms with Gasteiger partial charge in [0.25, 0.3) is 0 Å². The molecule has 0 aliphatic heterocycles. The highest BCUT2D eigenvalue weighted by Crippen LogP contribution is 2.37. The predicted octanol–water partition coefficient (Wildman–Crippen LogP) is 6.74. The molecule has 0 amide bonds. The van der Waals surface area contributed by atoms with Crippen molar-refractivity contribution < 1.29 is 38.1 Å². The van der Waals surface area contributed by atoms with E-state index in [1.165, 1.54) is 13.2 Å². The maximum absolute atomic E-state index is 12.9. The number of rotatable bonds is 10. The summed E-state index contributed by atoms with van der Waals surface area (Å²) in [5.74, 6) is 0.569. The predicted molar refractivity (Wildman–Crippen MR) is 154 cm³/mol. The lowest BCUT2D eigenvalue weighted by Crippen LogP contribution is -2.25. The summed E-state index contributed by atoms with van der Waals surface area (Å²) in [6.45, 7) is 16.3. The maximum Gasteiger partial charge on any atom is 0.314 e. The third-order valence-electron chi connectivity index (χ3n) is 5.74. The Balaban J connectivity index is 2.16. The quantitative estimate of drug-likeness (QED) is 0.138. The summed E-state index contributed by atoms with van der Waals surface area (Å²) in [6, 6.07) is 10.2. The molecule has 2 aromatic rings. The summed E-state index contributed by atoms with van der Waals surface area (Å²) in [4.78, 5) is 36.8. The van der Waals surface area contributed by atoms with Crippen LogP contribution in [0.4, 0.5) is 0 Å².